The van der Waals surface area contributed by atoms with Crippen LogP contribution < -0.4 is 5.43 Å². The molecular formula is C13H4N4O. The van der Waals surface area contributed by atoms with Gasteiger partial charge in [-0.15, -0.1) is 20.4 Å². The molecule has 18 heavy (non-hydrogen) atoms. The summed E-state index contributed by atoms with van der Waals surface area (Å²) in [6, 6.07) is 7.56. The van der Waals surface area contributed by atoms with Gasteiger partial charge in [0.25, 0.3) is 0 Å². The topological polar surface area (TPSA) is 68.6 Å². The van der Waals surface area contributed by atoms with Gasteiger partial charge in [0, 0.05) is 10.8 Å². The van der Waals surface area contributed by atoms with Gasteiger partial charge in [0.1, 0.15) is 22.1 Å². The predicted molar refractivity (Wildman–Crippen MR) is 67.5 cm³/mol. The highest BCUT2D eigenvalue weighted by Crippen LogP contribution is 2.36. The zero-order chi connectivity index (χ0) is 11.9. The third kappa shape index (κ3) is 0.684. The van der Waals surface area contributed by atoms with Crippen LogP contribution in [0.15, 0.2) is 29.1 Å². The maximum absolute atomic E-state index is 12.4. The Hall–Kier alpha value is -2.69. The number of nitrogens with zero attached hydrogens (tertiary/aromatic N) is 4. The number of benzene rings is 2. The van der Waals surface area contributed by atoms with Gasteiger partial charge in [0.05, 0.1) is 5.39 Å². The molecular weight excluding hydrogens is 228 g/mol. The molecule has 0 fully saturated rings. The molecule has 0 atom stereocenters. The van der Waals surface area contributed by atoms with Crippen molar-refractivity contribution in [2.45, 2.75) is 0 Å². The maximum Gasteiger partial charge on any atom is 0.196 e. The minimum atomic E-state index is 0.0143. The zero-order valence-corrected chi connectivity index (χ0v) is 9.01. The van der Waals surface area contributed by atoms with E-state index in [1.807, 2.05) is 24.3 Å². The minimum Gasteiger partial charge on any atom is -0.288 e. The Balaban J connectivity index is 2.32. The van der Waals surface area contributed by atoms with Crippen molar-refractivity contribution in [1.82, 2.24) is 20.4 Å². The van der Waals surface area contributed by atoms with Gasteiger partial charge < -0.3 is 0 Å². The zero-order valence-electron chi connectivity index (χ0n) is 9.01. The van der Waals surface area contributed by atoms with E-state index in [9.17, 15) is 4.79 Å². The SMILES string of the molecule is O=c1c2ccccc2c2c3nnc3c3nnc3c12. The molecule has 0 aliphatic heterocycles. The van der Waals surface area contributed by atoms with Crippen molar-refractivity contribution in [3.8, 4) is 0 Å². The molecule has 5 aromatic rings. The first-order chi connectivity index (χ1) is 8.86. The van der Waals surface area contributed by atoms with Crippen molar-refractivity contribution in [2.75, 3.05) is 0 Å². The van der Waals surface area contributed by atoms with E-state index in [-0.39, 0.29) is 5.43 Å². The van der Waals surface area contributed by atoms with Gasteiger partial charge in [-0.2, -0.15) is 0 Å². The maximum atomic E-state index is 12.4. The average molecular weight is 232 g/mol. The lowest BCUT2D eigenvalue weighted by Gasteiger charge is -2.06. The van der Waals surface area contributed by atoms with Crippen LogP contribution in [0.1, 0.15) is 0 Å². The number of fused-ring (bicyclic) bond motifs is 8. The second kappa shape index (κ2) is 2.43. The first kappa shape index (κ1) is 8.41. The van der Waals surface area contributed by atoms with Gasteiger partial charge >= 0.3 is 0 Å². The van der Waals surface area contributed by atoms with Crippen molar-refractivity contribution < 1.29 is 0 Å². The van der Waals surface area contributed by atoms with Crippen LogP contribution in [-0.2, 0) is 0 Å². The van der Waals surface area contributed by atoms with Crippen LogP contribution in [0, 0.1) is 0 Å². The standard InChI is InChI=1S/C13H4N4O/c18-13-6-4-2-1-3-5(6)7-8(13)10-12(17-15-10)11-9(7)14-16-11/h1-4H. The lowest BCUT2D eigenvalue weighted by molar-refractivity contribution is 1.04. The van der Waals surface area contributed by atoms with Gasteiger partial charge in [-0.05, 0) is 5.39 Å². The van der Waals surface area contributed by atoms with E-state index >= 15 is 0 Å². The molecule has 0 spiro atoms. The van der Waals surface area contributed by atoms with E-state index in [4.69, 9.17) is 0 Å². The van der Waals surface area contributed by atoms with Gasteiger partial charge in [0.15, 0.2) is 5.43 Å². The number of hydrogen-bond acceptors (Lipinski definition) is 5. The third-order valence-electron chi connectivity index (χ3n) is 3.56. The van der Waals surface area contributed by atoms with Crippen LogP contribution in [0.25, 0.3) is 43.6 Å². The molecule has 0 aliphatic rings. The largest absolute Gasteiger partial charge is 0.288 e. The molecule has 3 aromatic carbocycles. The normalized spacial score (nSPS) is 12.7. The Kier molecular flexibility index (Phi) is 1.13. The van der Waals surface area contributed by atoms with Crippen LogP contribution in [0.5, 0.6) is 0 Å². The van der Waals surface area contributed by atoms with E-state index < -0.39 is 0 Å². The fourth-order valence-corrected chi connectivity index (χ4v) is 2.71. The van der Waals surface area contributed by atoms with E-state index in [2.05, 4.69) is 20.4 Å². The summed E-state index contributed by atoms with van der Waals surface area (Å²) < 4.78 is 0. The molecule has 5 nitrogen and oxygen atoms in total. The van der Waals surface area contributed by atoms with Crippen LogP contribution in [0.3, 0.4) is 0 Å². The first-order valence-corrected chi connectivity index (χ1v) is 5.58. The first-order valence-electron chi connectivity index (χ1n) is 5.58. The monoisotopic (exact) mass is 232 g/mol. The minimum absolute atomic E-state index is 0.0143. The molecule has 0 unspecified atom stereocenters. The Bertz CT molecular complexity index is 1090. The Labute approximate surface area is 99.1 Å². The predicted octanol–water partition coefficient (Wildman–Crippen LogP) is 1.55. The van der Waals surface area contributed by atoms with Crippen molar-refractivity contribution in [2.24, 2.45) is 0 Å². The Morgan fingerprint density at radius 2 is 1.22 bits per heavy atom. The van der Waals surface area contributed by atoms with E-state index in [1.165, 1.54) is 0 Å². The molecule has 5 rings (SSSR count). The highest BCUT2D eigenvalue weighted by atomic mass is 16.1. The highest BCUT2D eigenvalue weighted by Gasteiger charge is 2.24. The molecule has 5 heteroatoms. The molecule has 0 bridgehead atoms. The highest BCUT2D eigenvalue weighted by molar-refractivity contribution is 6.31. The average Bonchev–Trinajstić information content (AvgIpc) is 2.59. The summed E-state index contributed by atoms with van der Waals surface area (Å²) in [6.07, 6.45) is 0. The van der Waals surface area contributed by atoms with Crippen LogP contribution in [0.2, 0.25) is 0 Å². The van der Waals surface area contributed by atoms with E-state index in [0.29, 0.717) is 21.8 Å². The second-order valence-electron chi connectivity index (χ2n) is 4.42. The Morgan fingerprint density at radius 3 is 1.83 bits per heavy atom. The smallest absolute Gasteiger partial charge is 0.196 e. The lowest BCUT2D eigenvalue weighted by atomic mass is 10.1. The molecule has 0 saturated heterocycles. The summed E-state index contributed by atoms with van der Waals surface area (Å²) in [6.45, 7) is 0. The summed E-state index contributed by atoms with van der Waals surface area (Å²) in [5, 5.41) is 19.1. The second-order valence-corrected chi connectivity index (χ2v) is 4.42. The third-order valence-corrected chi connectivity index (χ3v) is 3.56. The van der Waals surface area contributed by atoms with E-state index in [0.717, 1.165) is 21.8 Å². The van der Waals surface area contributed by atoms with Gasteiger partial charge in [-0.1, -0.05) is 24.3 Å². The van der Waals surface area contributed by atoms with Gasteiger partial charge in [-0.3, -0.25) is 4.79 Å². The van der Waals surface area contributed by atoms with Gasteiger partial charge in [0.2, 0.25) is 0 Å². The molecule has 0 radical (unpaired) electrons. The molecule has 0 N–H and O–H groups in total. The molecule has 0 saturated carbocycles. The molecule has 82 valence electrons. The van der Waals surface area contributed by atoms with Crippen molar-refractivity contribution in [3.63, 3.8) is 0 Å². The van der Waals surface area contributed by atoms with Crippen LogP contribution >= 0.6 is 0 Å². The summed E-state index contributed by atoms with van der Waals surface area (Å²) in [4.78, 5) is 12.4. The van der Waals surface area contributed by atoms with E-state index in [1.54, 1.807) is 0 Å². The Morgan fingerprint density at radius 1 is 0.667 bits per heavy atom. The van der Waals surface area contributed by atoms with Crippen molar-refractivity contribution in [3.05, 3.63) is 34.5 Å². The van der Waals surface area contributed by atoms with Crippen molar-refractivity contribution in [1.29, 1.82) is 0 Å². The summed E-state index contributed by atoms with van der Waals surface area (Å²) in [5.41, 5.74) is 2.94. The molecule has 0 aliphatic carbocycles. The lowest BCUT2D eigenvalue weighted by Crippen LogP contribution is -2.04. The fourth-order valence-electron chi connectivity index (χ4n) is 2.71. The molecule has 2 heterocycles. The summed E-state index contributed by atoms with van der Waals surface area (Å²) >= 11 is 0. The van der Waals surface area contributed by atoms with Crippen LogP contribution in [-0.4, -0.2) is 20.4 Å². The van der Waals surface area contributed by atoms with Gasteiger partial charge in [-0.25, -0.2) is 0 Å². The number of aromatic nitrogens is 4. The summed E-state index contributed by atoms with van der Waals surface area (Å²) in [7, 11) is 0. The fraction of sp³-hybridized carbons (Fsp3) is 0. The number of rotatable bonds is 0. The summed E-state index contributed by atoms with van der Waals surface area (Å²) in [5.74, 6) is 0. The van der Waals surface area contributed by atoms with Crippen LogP contribution in [0.4, 0.5) is 0 Å². The quantitative estimate of drug-likeness (QED) is 0.405. The van der Waals surface area contributed by atoms with Crippen molar-refractivity contribution >= 4 is 43.6 Å². The molecule has 0 amide bonds. The number of hydrogen-bond donors (Lipinski definition) is 0. The molecule has 2 aromatic heterocycles.